The van der Waals surface area contributed by atoms with Crippen LogP contribution in [-0.2, 0) is 0 Å². The van der Waals surface area contributed by atoms with Crippen LogP contribution in [-0.4, -0.2) is 46.2 Å². The van der Waals surface area contributed by atoms with Crippen molar-refractivity contribution in [2.75, 3.05) is 29.9 Å². The number of piperidine rings is 1. The van der Waals surface area contributed by atoms with Crippen LogP contribution in [0.4, 0.5) is 11.5 Å². The molecule has 3 heterocycles. The minimum Gasteiger partial charge on any atom is -0.371 e. The summed E-state index contributed by atoms with van der Waals surface area (Å²) in [4.78, 5) is 32.7. The standard InChI is InChI=1S/C29H28BrClN6O2/c30-25-26(29(39)33-17-10-20-13-18-36(19-14-20)21-11-15-32-16-12-21)35-37(22-6-2-1-3-7-22)27(25)34-28(38)23-8-4-5-9-24(23)31/h1-9,11-12,15-16,20H,10,13-14,17-19H2,(H,33,39)(H,34,38). The van der Waals surface area contributed by atoms with Crippen LogP contribution >= 0.6 is 27.5 Å². The van der Waals surface area contributed by atoms with Gasteiger partial charge in [-0.15, -0.1) is 0 Å². The molecule has 1 aliphatic rings. The van der Waals surface area contributed by atoms with Gasteiger partial charge in [0.15, 0.2) is 11.5 Å². The zero-order valence-corrected chi connectivity index (χ0v) is 23.5. The number of hydrogen-bond donors (Lipinski definition) is 2. The summed E-state index contributed by atoms with van der Waals surface area (Å²) >= 11 is 9.75. The molecule has 10 heteroatoms. The third-order valence-corrected chi connectivity index (χ3v) is 7.96. The molecule has 0 bridgehead atoms. The summed E-state index contributed by atoms with van der Waals surface area (Å²) < 4.78 is 1.94. The van der Waals surface area contributed by atoms with E-state index in [0.29, 0.717) is 39.0 Å². The van der Waals surface area contributed by atoms with Gasteiger partial charge in [-0.2, -0.15) is 5.10 Å². The van der Waals surface area contributed by atoms with E-state index in [1.165, 1.54) is 5.69 Å². The van der Waals surface area contributed by atoms with Gasteiger partial charge in [0.05, 0.1) is 20.7 Å². The van der Waals surface area contributed by atoms with E-state index in [2.05, 4.69) is 41.5 Å². The molecule has 39 heavy (non-hydrogen) atoms. The van der Waals surface area contributed by atoms with Gasteiger partial charge in [-0.3, -0.25) is 14.6 Å². The summed E-state index contributed by atoms with van der Waals surface area (Å²) in [6.45, 7) is 2.53. The number of nitrogens with one attached hydrogen (secondary N) is 2. The van der Waals surface area contributed by atoms with Gasteiger partial charge in [-0.05, 0) is 77.5 Å². The molecule has 0 radical (unpaired) electrons. The molecule has 5 rings (SSSR count). The smallest absolute Gasteiger partial charge is 0.273 e. The van der Waals surface area contributed by atoms with E-state index < -0.39 is 5.91 Å². The van der Waals surface area contributed by atoms with Gasteiger partial charge in [0.2, 0.25) is 0 Å². The van der Waals surface area contributed by atoms with Crippen molar-refractivity contribution >= 4 is 50.9 Å². The number of rotatable bonds is 8. The van der Waals surface area contributed by atoms with Crippen molar-refractivity contribution in [1.29, 1.82) is 0 Å². The molecule has 0 unspecified atom stereocenters. The Morgan fingerprint density at radius 3 is 2.33 bits per heavy atom. The van der Waals surface area contributed by atoms with Crippen LogP contribution < -0.4 is 15.5 Å². The lowest BCUT2D eigenvalue weighted by molar-refractivity contribution is 0.0943. The topological polar surface area (TPSA) is 92.2 Å². The number of aromatic nitrogens is 3. The Balaban J connectivity index is 1.25. The van der Waals surface area contributed by atoms with Crippen molar-refractivity contribution in [2.24, 2.45) is 5.92 Å². The van der Waals surface area contributed by atoms with Gasteiger partial charge in [-0.25, -0.2) is 4.68 Å². The molecule has 4 aromatic rings. The maximum absolute atomic E-state index is 13.2. The largest absolute Gasteiger partial charge is 0.371 e. The summed E-state index contributed by atoms with van der Waals surface area (Å²) in [6.07, 6.45) is 6.68. The molecule has 1 saturated heterocycles. The quantitative estimate of drug-likeness (QED) is 0.257. The van der Waals surface area contributed by atoms with Gasteiger partial charge in [0.25, 0.3) is 11.8 Å². The first kappa shape index (κ1) is 26.9. The van der Waals surface area contributed by atoms with Gasteiger partial charge < -0.3 is 15.5 Å². The third-order valence-electron chi connectivity index (χ3n) is 6.87. The Labute approximate surface area is 240 Å². The first-order chi connectivity index (χ1) is 19.0. The van der Waals surface area contributed by atoms with Crippen LogP contribution in [0.1, 0.15) is 40.1 Å². The van der Waals surface area contributed by atoms with E-state index >= 15 is 0 Å². The highest BCUT2D eigenvalue weighted by Gasteiger charge is 2.25. The number of pyridine rings is 1. The molecule has 2 aromatic carbocycles. The van der Waals surface area contributed by atoms with Gasteiger partial charge in [-0.1, -0.05) is 41.9 Å². The highest BCUT2D eigenvalue weighted by atomic mass is 79.9. The van der Waals surface area contributed by atoms with Gasteiger partial charge in [0, 0.05) is 37.7 Å². The van der Waals surface area contributed by atoms with Crippen LogP contribution in [0.3, 0.4) is 0 Å². The van der Waals surface area contributed by atoms with E-state index in [1.807, 2.05) is 54.9 Å². The minimum atomic E-state index is -0.400. The second kappa shape index (κ2) is 12.4. The molecule has 1 fully saturated rings. The van der Waals surface area contributed by atoms with Crippen molar-refractivity contribution < 1.29 is 9.59 Å². The lowest BCUT2D eigenvalue weighted by Gasteiger charge is -2.33. The molecule has 1 aliphatic heterocycles. The Hall–Kier alpha value is -3.69. The summed E-state index contributed by atoms with van der Waals surface area (Å²) in [6, 6.07) is 20.2. The number of hydrogen-bond acceptors (Lipinski definition) is 5. The molecule has 2 N–H and O–H groups in total. The van der Waals surface area contributed by atoms with Crippen molar-refractivity contribution in [3.63, 3.8) is 0 Å². The maximum atomic E-state index is 13.2. The number of carbonyl (C=O) groups excluding carboxylic acids is 2. The van der Waals surface area contributed by atoms with Crippen LogP contribution in [0, 0.1) is 5.92 Å². The summed E-state index contributed by atoms with van der Waals surface area (Å²) in [7, 11) is 0. The SMILES string of the molecule is O=C(Nc1c(Br)c(C(=O)NCCC2CCN(c3ccncc3)CC2)nn1-c1ccccc1)c1ccccc1Cl. The number of para-hydroxylation sites is 1. The zero-order valence-electron chi connectivity index (χ0n) is 21.2. The highest BCUT2D eigenvalue weighted by Crippen LogP contribution is 2.31. The average Bonchev–Trinajstić information content (AvgIpc) is 3.30. The molecule has 0 saturated carbocycles. The zero-order chi connectivity index (χ0) is 27.2. The Morgan fingerprint density at radius 2 is 1.62 bits per heavy atom. The average molecular weight is 608 g/mol. The molecule has 2 amide bonds. The highest BCUT2D eigenvalue weighted by molar-refractivity contribution is 9.10. The third kappa shape index (κ3) is 6.32. The van der Waals surface area contributed by atoms with E-state index in [9.17, 15) is 9.59 Å². The molecule has 0 spiro atoms. The monoisotopic (exact) mass is 606 g/mol. The summed E-state index contributed by atoms with van der Waals surface area (Å²) in [5.74, 6) is 0.182. The van der Waals surface area contributed by atoms with Crippen LogP contribution in [0.5, 0.6) is 0 Å². The van der Waals surface area contributed by atoms with Crippen LogP contribution in [0.25, 0.3) is 5.69 Å². The second-order valence-electron chi connectivity index (χ2n) is 9.37. The van der Waals surface area contributed by atoms with Gasteiger partial charge >= 0.3 is 0 Å². The van der Waals surface area contributed by atoms with Crippen molar-refractivity contribution in [2.45, 2.75) is 19.3 Å². The van der Waals surface area contributed by atoms with Crippen molar-refractivity contribution in [3.05, 3.63) is 99.9 Å². The number of carbonyl (C=O) groups is 2. The minimum absolute atomic E-state index is 0.195. The van der Waals surface area contributed by atoms with Gasteiger partial charge in [0.1, 0.15) is 0 Å². The number of benzene rings is 2. The lowest BCUT2D eigenvalue weighted by Crippen LogP contribution is -2.35. The lowest BCUT2D eigenvalue weighted by atomic mass is 9.93. The predicted molar refractivity (Wildman–Crippen MR) is 157 cm³/mol. The Morgan fingerprint density at radius 1 is 0.923 bits per heavy atom. The number of anilines is 2. The second-order valence-corrected chi connectivity index (χ2v) is 10.6. The van der Waals surface area contributed by atoms with E-state index in [1.54, 1.807) is 28.9 Å². The maximum Gasteiger partial charge on any atom is 0.273 e. The first-order valence-corrected chi connectivity index (χ1v) is 14.0. The molecular formula is C29H28BrClN6O2. The number of amides is 2. The molecule has 200 valence electrons. The van der Waals surface area contributed by atoms with Crippen molar-refractivity contribution in [3.8, 4) is 5.69 Å². The van der Waals surface area contributed by atoms with E-state index in [4.69, 9.17) is 11.6 Å². The fraction of sp³-hybridized carbons (Fsp3) is 0.241. The van der Waals surface area contributed by atoms with Crippen LogP contribution in [0.2, 0.25) is 5.02 Å². The number of halogens is 2. The predicted octanol–water partition coefficient (Wildman–Crippen LogP) is 5.97. The first-order valence-electron chi connectivity index (χ1n) is 12.8. The van der Waals surface area contributed by atoms with E-state index in [0.717, 1.165) is 32.4 Å². The molecule has 2 aromatic heterocycles. The normalized spacial score (nSPS) is 13.7. The Bertz CT molecular complexity index is 1440. The summed E-state index contributed by atoms with van der Waals surface area (Å²) in [5.41, 5.74) is 2.43. The fourth-order valence-corrected chi connectivity index (χ4v) is 5.48. The van der Waals surface area contributed by atoms with Crippen LogP contribution in [0.15, 0.2) is 83.6 Å². The van der Waals surface area contributed by atoms with Crippen molar-refractivity contribution in [1.82, 2.24) is 20.1 Å². The molecule has 0 atom stereocenters. The summed E-state index contributed by atoms with van der Waals surface area (Å²) in [5, 5.41) is 10.8. The molecular weight excluding hydrogens is 580 g/mol. The molecule has 0 aliphatic carbocycles. The fourth-order valence-electron chi connectivity index (χ4n) is 4.74. The Kier molecular flexibility index (Phi) is 8.58. The van der Waals surface area contributed by atoms with E-state index in [-0.39, 0.29) is 11.6 Å². The number of nitrogens with zero attached hydrogens (tertiary/aromatic N) is 4. The molecule has 8 nitrogen and oxygen atoms in total.